The maximum absolute atomic E-state index is 13.0. The minimum atomic E-state index is -3.74. The molecule has 1 saturated carbocycles. The van der Waals surface area contributed by atoms with Gasteiger partial charge >= 0.3 is 0 Å². The molecule has 12 heteroatoms. The molecule has 2 aromatic rings. The average Bonchev–Trinajstić information content (AvgIpc) is 3.13. The second kappa shape index (κ2) is 9.00. The molecule has 0 atom stereocenters. The zero-order chi connectivity index (χ0) is 21.9. The summed E-state index contributed by atoms with van der Waals surface area (Å²) in [5, 5.41) is 10.4. The smallest absolute Gasteiger partial charge is 0.182 e. The highest BCUT2D eigenvalue weighted by Gasteiger charge is 2.37. The number of nitrogens with zero attached hydrogens (tertiary/aromatic N) is 4. The molecule has 160 valence electrons. The lowest BCUT2D eigenvalue weighted by molar-refractivity contribution is -0.129. The van der Waals surface area contributed by atoms with Crippen LogP contribution in [0.1, 0.15) is 36.0 Å². The maximum atomic E-state index is 13.0. The molecule has 30 heavy (non-hydrogen) atoms. The van der Waals surface area contributed by atoms with Crippen molar-refractivity contribution in [1.29, 1.82) is 0 Å². The highest BCUT2D eigenvalue weighted by molar-refractivity contribution is 7.90. The summed E-state index contributed by atoms with van der Waals surface area (Å²) in [6.07, 6.45) is 3.69. The maximum Gasteiger partial charge on any atom is 0.182 e. The molecule has 1 heterocycles. The Balaban J connectivity index is 1.96. The molecule has 1 aromatic heterocycles. The topological polar surface area (TPSA) is 138 Å². The number of hydrogen-bond acceptors (Lipinski definition) is 9. The van der Waals surface area contributed by atoms with Gasteiger partial charge in [0.1, 0.15) is 23.7 Å². The fraction of sp³-hybridized carbons (Fsp3) is 0.444. The van der Waals surface area contributed by atoms with Gasteiger partial charge in [-0.3, -0.25) is 14.4 Å². The Morgan fingerprint density at radius 3 is 2.47 bits per heavy atom. The molecule has 0 amide bonds. The number of ether oxygens (including phenoxy) is 1. The lowest BCUT2D eigenvalue weighted by Crippen LogP contribution is -2.30. The summed E-state index contributed by atoms with van der Waals surface area (Å²) in [5.41, 5.74) is -0.130. The molecule has 1 fully saturated rings. The van der Waals surface area contributed by atoms with E-state index in [1.807, 2.05) is 0 Å². The molecule has 1 aliphatic rings. The van der Waals surface area contributed by atoms with Crippen molar-refractivity contribution in [3.8, 4) is 5.75 Å². The van der Waals surface area contributed by atoms with Gasteiger partial charge in [0.15, 0.2) is 32.9 Å². The largest absolute Gasteiger partial charge is 0.489 e. The molecule has 0 spiro atoms. The monoisotopic (exact) mass is 454 g/mol. The Kier molecular flexibility index (Phi) is 6.61. The first-order valence-corrected chi connectivity index (χ1v) is 11.4. The zero-order valence-corrected chi connectivity index (χ0v) is 17.6. The van der Waals surface area contributed by atoms with Crippen molar-refractivity contribution in [1.82, 2.24) is 20.2 Å². The van der Waals surface area contributed by atoms with Crippen molar-refractivity contribution in [2.45, 2.75) is 37.1 Å². The van der Waals surface area contributed by atoms with E-state index < -0.39 is 33.1 Å². The number of ketones is 3. The van der Waals surface area contributed by atoms with Crippen LogP contribution in [0.2, 0.25) is 5.02 Å². The quantitative estimate of drug-likeness (QED) is 0.344. The second-order valence-electron chi connectivity index (χ2n) is 6.88. The minimum absolute atomic E-state index is 0.0355. The van der Waals surface area contributed by atoms with E-state index in [1.165, 1.54) is 23.1 Å². The van der Waals surface area contributed by atoms with Gasteiger partial charge in [-0.05, 0) is 35.4 Å². The van der Waals surface area contributed by atoms with Crippen LogP contribution >= 0.6 is 11.6 Å². The number of tetrazole rings is 1. The van der Waals surface area contributed by atoms with Crippen LogP contribution in [-0.2, 0) is 26.0 Å². The first kappa shape index (κ1) is 22.0. The van der Waals surface area contributed by atoms with Crippen molar-refractivity contribution in [2.24, 2.45) is 5.92 Å². The van der Waals surface area contributed by atoms with Crippen LogP contribution in [0.15, 0.2) is 23.4 Å². The fourth-order valence-electron chi connectivity index (χ4n) is 3.19. The Hall–Kier alpha value is -2.66. The molecule has 0 unspecified atom stereocenters. The molecule has 3 rings (SSSR count). The predicted molar refractivity (Wildman–Crippen MR) is 104 cm³/mol. The summed E-state index contributed by atoms with van der Waals surface area (Å²) in [7, 11) is -3.74. The molecule has 0 N–H and O–H groups in total. The molecular weight excluding hydrogens is 436 g/mol. The van der Waals surface area contributed by atoms with E-state index in [4.69, 9.17) is 16.3 Å². The third kappa shape index (κ3) is 4.73. The summed E-state index contributed by atoms with van der Waals surface area (Å²) < 4.78 is 31.3. The summed E-state index contributed by atoms with van der Waals surface area (Å²) in [6.45, 7) is 0.163. The number of carbonyl (C=O) groups is 3. The number of rotatable bonds is 7. The molecule has 1 aliphatic carbocycles. The minimum Gasteiger partial charge on any atom is -0.489 e. The third-order valence-corrected chi connectivity index (χ3v) is 6.18. The predicted octanol–water partition coefficient (Wildman–Crippen LogP) is 1.32. The van der Waals surface area contributed by atoms with Crippen molar-refractivity contribution in [3.63, 3.8) is 0 Å². The Labute approximate surface area is 177 Å². The van der Waals surface area contributed by atoms with Gasteiger partial charge in [0.2, 0.25) is 0 Å². The van der Waals surface area contributed by atoms with Gasteiger partial charge < -0.3 is 4.74 Å². The lowest BCUT2D eigenvalue weighted by atomic mass is 9.89. The number of sulfone groups is 1. The van der Waals surface area contributed by atoms with Gasteiger partial charge in [-0.1, -0.05) is 11.6 Å². The van der Waals surface area contributed by atoms with Crippen molar-refractivity contribution in [2.75, 3.05) is 12.9 Å². The van der Waals surface area contributed by atoms with Crippen LogP contribution in [0.5, 0.6) is 5.75 Å². The van der Waals surface area contributed by atoms with Crippen LogP contribution in [0.3, 0.4) is 0 Å². The van der Waals surface area contributed by atoms with Crippen LogP contribution in [-0.4, -0.2) is 58.8 Å². The van der Waals surface area contributed by atoms with Gasteiger partial charge in [0.05, 0.1) is 11.6 Å². The highest BCUT2D eigenvalue weighted by Crippen LogP contribution is 2.37. The van der Waals surface area contributed by atoms with E-state index in [2.05, 4.69) is 15.5 Å². The van der Waals surface area contributed by atoms with Gasteiger partial charge in [-0.25, -0.2) is 13.1 Å². The number of Topliss-reactive ketones (excluding diaryl/α,β-unsaturated/α-hetero) is 3. The molecule has 10 nitrogen and oxygen atoms in total. The zero-order valence-electron chi connectivity index (χ0n) is 16.1. The second-order valence-corrected chi connectivity index (χ2v) is 9.25. The SMILES string of the molecule is CS(=O)(=O)c1ccc(C(=O)C2C(=O)CCCCC2=O)c(Cl)c1OCCn1cnnn1. The fourth-order valence-corrected chi connectivity index (χ4v) is 4.38. The van der Waals surface area contributed by atoms with Crippen LogP contribution in [0.25, 0.3) is 0 Å². The summed E-state index contributed by atoms with van der Waals surface area (Å²) >= 11 is 6.35. The number of benzene rings is 1. The van der Waals surface area contributed by atoms with Crippen LogP contribution in [0.4, 0.5) is 0 Å². The summed E-state index contributed by atoms with van der Waals surface area (Å²) in [4.78, 5) is 37.5. The van der Waals surface area contributed by atoms with Crippen molar-refractivity contribution in [3.05, 3.63) is 29.0 Å². The molecular formula is C18H19ClN4O6S. The van der Waals surface area contributed by atoms with Crippen molar-refractivity contribution >= 4 is 38.8 Å². The highest BCUT2D eigenvalue weighted by atomic mass is 35.5. The number of carbonyl (C=O) groups excluding carboxylic acids is 3. The Bertz CT molecular complexity index is 1070. The average molecular weight is 455 g/mol. The van der Waals surface area contributed by atoms with Crippen molar-refractivity contribution < 1.29 is 27.5 Å². The standard InChI is InChI=1S/C18H19ClN4O6S/c1-30(27,28)14-7-6-11(17(26)15-12(24)4-2-3-5-13(15)25)16(19)18(14)29-9-8-23-10-20-21-22-23/h6-7,10,15H,2-5,8-9H2,1H3. The van der Waals surface area contributed by atoms with E-state index in [0.717, 1.165) is 6.26 Å². The van der Waals surface area contributed by atoms with Gasteiger partial charge in [0, 0.05) is 24.7 Å². The van der Waals surface area contributed by atoms with E-state index in [-0.39, 0.29) is 47.2 Å². The number of aromatic nitrogens is 4. The molecule has 1 aromatic carbocycles. The lowest BCUT2D eigenvalue weighted by Gasteiger charge is -2.17. The Morgan fingerprint density at radius 2 is 1.90 bits per heavy atom. The summed E-state index contributed by atoms with van der Waals surface area (Å²) in [6, 6.07) is 2.40. The molecule has 0 aliphatic heterocycles. The van der Waals surface area contributed by atoms with Gasteiger partial charge in [-0.15, -0.1) is 5.10 Å². The Morgan fingerprint density at radius 1 is 1.23 bits per heavy atom. The molecule has 0 bridgehead atoms. The van der Waals surface area contributed by atoms with E-state index in [9.17, 15) is 22.8 Å². The van der Waals surface area contributed by atoms with E-state index >= 15 is 0 Å². The van der Waals surface area contributed by atoms with E-state index in [0.29, 0.717) is 12.8 Å². The van der Waals surface area contributed by atoms with E-state index in [1.54, 1.807) is 0 Å². The first-order chi connectivity index (χ1) is 14.2. The van der Waals surface area contributed by atoms with Crippen LogP contribution < -0.4 is 4.74 Å². The molecule has 0 saturated heterocycles. The summed E-state index contributed by atoms with van der Waals surface area (Å²) in [5.74, 6) is -3.30. The van der Waals surface area contributed by atoms with Gasteiger partial charge in [0.25, 0.3) is 0 Å². The number of hydrogen-bond donors (Lipinski definition) is 0. The van der Waals surface area contributed by atoms with Gasteiger partial charge in [-0.2, -0.15) is 0 Å². The normalized spacial score (nSPS) is 15.8. The first-order valence-electron chi connectivity index (χ1n) is 9.16. The third-order valence-electron chi connectivity index (χ3n) is 4.69. The van der Waals surface area contributed by atoms with Crippen LogP contribution in [0, 0.1) is 5.92 Å². The number of halogens is 1. The molecule has 0 radical (unpaired) electrons.